The average molecular weight is 393 g/mol. The molecule has 1 aromatic rings. The molecule has 1 aliphatic carbocycles. The maximum atomic E-state index is 12.7. The second kappa shape index (κ2) is 8.42. The number of carbonyl (C=O) groups is 2. The molecule has 0 aromatic heterocycles. The third kappa shape index (κ3) is 4.89. The first kappa shape index (κ1) is 19.9. The Kier molecular flexibility index (Phi) is 6.19. The summed E-state index contributed by atoms with van der Waals surface area (Å²) in [6, 6.07) is 5.12. The van der Waals surface area contributed by atoms with Crippen molar-refractivity contribution >= 4 is 27.3 Å². The fourth-order valence-corrected chi connectivity index (χ4v) is 5.27. The molecular weight excluding hydrogens is 364 g/mol. The van der Waals surface area contributed by atoms with Crippen molar-refractivity contribution in [2.45, 2.75) is 69.2 Å². The number of nitrogens with zero attached hydrogens (tertiary/aromatic N) is 1. The van der Waals surface area contributed by atoms with Crippen LogP contribution in [0.3, 0.4) is 0 Å². The third-order valence-electron chi connectivity index (χ3n) is 5.48. The third-order valence-corrected chi connectivity index (χ3v) is 7.19. The number of aryl methyl sites for hydroxylation is 1. The number of hydrogen-bond donors (Lipinski definition) is 1. The molecule has 7 heteroatoms. The smallest absolute Gasteiger partial charge is 0.223 e. The molecule has 1 N–H and O–H groups in total. The number of carbonyl (C=O) groups excluding carboxylic acids is 2. The lowest BCUT2D eigenvalue weighted by atomic mass is 9.95. The van der Waals surface area contributed by atoms with Gasteiger partial charge in [0, 0.05) is 31.6 Å². The van der Waals surface area contributed by atoms with E-state index in [-0.39, 0.29) is 34.9 Å². The van der Waals surface area contributed by atoms with Crippen LogP contribution in [0.2, 0.25) is 0 Å². The molecule has 0 atom stereocenters. The maximum absolute atomic E-state index is 12.7. The van der Waals surface area contributed by atoms with Crippen LogP contribution < -0.4 is 10.2 Å². The SMILES string of the molecule is CC(=O)N1CCCc2cc(S(=O)(=O)CCC(=O)NC3CCCCC3)ccc21. The molecule has 1 heterocycles. The van der Waals surface area contributed by atoms with Crippen molar-refractivity contribution in [3.63, 3.8) is 0 Å². The van der Waals surface area contributed by atoms with Crippen molar-refractivity contribution in [2.24, 2.45) is 0 Å². The molecule has 0 unspecified atom stereocenters. The molecule has 2 amide bonds. The highest BCUT2D eigenvalue weighted by molar-refractivity contribution is 7.91. The molecular formula is C20H28N2O4S. The van der Waals surface area contributed by atoms with Crippen LogP contribution in [0.25, 0.3) is 0 Å². The van der Waals surface area contributed by atoms with E-state index in [1.54, 1.807) is 23.1 Å². The minimum atomic E-state index is -3.53. The van der Waals surface area contributed by atoms with Gasteiger partial charge in [0.05, 0.1) is 10.6 Å². The fourth-order valence-electron chi connectivity index (χ4n) is 3.99. The lowest BCUT2D eigenvalue weighted by molar-refractivity contribution is -0.121. The van der Waals surface area contributed by atoms with E-state index in [1.807, 2.05) is 0 Å². The number of sulfone groups is 1. The zero-order chi connectivity index (χ0) is 19.4. The number of hydrogen-bond acceptors (Lipinski definition) is 4. The maximum Gasteiger partial charge on any atom is 0.223 e. The molecule has 0 spiro atoms. The Hall–Kier alpha value is -1.89. The van der Waals surface area contributed by atoms with Gasteiger partial charge in [0.1, 0.15) is 0 Å². The summed E-state index contributed by atoms with van der Waals surface area (Å²) in [5.41, 5.74) is 1.67. The van der Waals surface area contributed by atoms with Gasteiger partial charge in [0.25, 0.3) is 0 Å². The molecule has 3 rings (SSSR count). The van der Waals surface area contributed by atoms with Crippen molar-refractivity contribution in [1.82, 2.24) is 5.32 Å². The first-order valence-electron chi connectivity index (χ1n) is 9.80. The van der Waals surface area contributed by atoms with Gasteiger partial charge in [-0.25, -0.2) is 8.42 Å². The summed E-state index contributed by atoms with van der Waals surface area (Å²) in [5, 5.41) is 2.96. The van der Waals surface area contributed by atoms with Gasteiger partial charge in [-0.05, 0) is 49.4 Å². The van der Waals surface area contributed by atoms with Crippen molar-refractivity contribution in [2.75, 3.05) is 17.2 Å². The summed E-state index contributed by atoms with van der Waals surface area (Å²) in [4.78, 5) is 25.8. The molecule has 1 saturated carbocycles. The second-order valence-electron chi connectivity index (χ2n) is 7.54. The lowest BCUT2D eigenvalue weighted by Gasteiger charge is -2.28. The average Bonchev–Trinajstić information content (AvgIpc) is 2.66. The van der Waals surface area contributed by atoms with Crippen LogP contribution in [0.1, 0.15) is 57.4 Å². The first-order chi connectivity index (χ1) is 12.9. The number of amides is 2. The summed E-state index contributed by atoms with van der Waals surface area (Å²) < 4.78 is 25.3. The zero-order valence-electron chi connectivity index (χ0n) is 15.9. The van der Waals surface area contributed by atoms with Crippen LogP contribution >= 0.6 is 0 Å². The van der Waals surface area contributed by atoms with Gasteiger partial charge in [-0.15, -0.1) is 0 Å². The Morgan fingerprint density at radius 1 is 1.15 bits per heavy atom. The van der Waals surface area contributed by atoms with E-state index in [9.17, 15) is 18.0 Å². The van der Waals surface area contributed by atoms with Gasteiger partial charge in [-0.1, -0.05) is 19.3 Å². The number of rotatable bonds is 5. The van der Waals surface area contributed by atoms with Gasteiger partial charge in [-0.3, -0.25) is 9.59 Å². The highest BCUT2D eigenvalue weighted by atomic mass is 32.2. The predicted octanol–water partition coefficient (Wildman–Crippen LogP) is 2.60. The highest BCUT2D eigenvalue weighted by Gasteiger charge is 2.24. The van der Waals surface area contributed by atoms with Crippen LogP contribution in [-0.2, 0) is 25.8 Å². The molecule has 1 fully saturated rings. The van der Waals surface area contributed by atoms with Crippen molar-refractivity contribution in [3.8, 4) is 0 Å². The minimum absolute atomic E-state index is 0.0184. The van der Waals surface area contributed by atoms with E-state index in [0.29, 0.717) is 6.54 Å². The standard InChI is InChI=1S/C20H28N2O4S/c1-15(23)22-12-5-6-16-14-18(9-10-19(16)22)27(25,26)13-11-20(24)21-17-7-3-2-4-8-17/h9-10,14,17H,2-8,11-13H2,1H3,(H,21,24). The second-order valence-corrected chi connectivity index (χ2v) is 9.65. The topological polar surface area (TPSA) is 83.6 Å². The minimum Gasteiger partial charge on any atom is -0.353 e. The highest BCUT2D eigenvalue weighted by Crippen LogP contribution is 2.30. The molecule has 0 saturated heterocycles. The van der Waals surface area contributed by atoms with Crippen LogP contribution in [0, 0.1) is 0 Å². The van der Waals surface area contributed by atoms with E-state index in [1.165, 1.54) is 13.3 Å². The number of anilines is 1. The molecule has 0 bridgehead atoms. The predicted molar refractivity (Wildman–Crippen MR) is 104 cm³/mol. The molecule has 1 aliphatic heterocycles. The van der Waals surface area contributed by atoms with Gasteiger partial charge in [0.15, 0.2) is 9.84 Å². The van der Waals surface area contributed by atoms with Crippen molar-refractivity contribution in [1.29, 1.82) is 0 Å². The monoisotopic (exact) mass is 392 g/mol. The lowest BCUT2D eigenvalue weighted by Crippen LogP contribution is -2.37. The molecule has 6 nitrogen and oxygen atoms in total. The molecule has 0 radical (unpaired) electrons. The van der Waals surface area contributed by atoms with Crippen molar-refractivity contribution < 1.29 is 18.0 Å². The molecule has 1 aromatic carbocycles. The van der Waals surface area contributed by atoms with Gasteiger partial charge < -0.3 is 10.2 Å². The number of benzene rings is 1. The quantitative estimate of drug-likeness (QED) is 0.835. The summed E-state index contributed by atoms with van der Waals surface area (Å²) in [6.07, 6.45) is 6.97. The van der Waals surface area contributed by atoms with E-state index in [0.717, 1.165) is 49.8 Å². The van der Waals surface area contributed by atoms with Crippen LogP contribution in [0.4, 0.5) is 5.69 Å². The zero-order valence-corrected chi connectivity index (χ0v) is 16.7. The molecule has 27 heavy (non-hydrogen) atoms. The van der Waals surface area contributed by atoms with Crippen LogP contribution in [-0.4, -0.2) is 38.6 Å². The Balaban J connectivity index is 1.64. The Labute approximate surface area is 161 Å². The van der Waals surface area contributed by atoms with Crippen LogP contribution in [0.15, 0.2) is 23.1 Å². The number of fused-ring (bicyclic) bond motifs is 1. The summed E-state index contributed by atoms with van der Waals surface area (Å²) in [5.74, 6) is -0.419. The largest absolute Gasteiger partial charge is 0.353 e. The van der Waals surface area contributed by atoms with E-state index >= 15 is 0 Å². The van der Waals surface area contributed by atoms with Gasteiger partial charge in [0.2, 0.25) is 11.8 Å². The summed E-state index contributed by atoms with van der Waals surface area (Å²) in [7, 11) is -3.53. The summed E-state index contributed by atoms with van der Waals surface area (Å²) >= 11 is 0. The van der Waals surface area contributed by atoms with Crippen molar-refractivity contribution in [3.05, 3.63) is 23.8 Å². The number of nitrogens with one attached hydrogen (secondary N) is 1. The molecule has 2 aliphatic rings. The fraction of sp³-hybridized carbons (Fsp3) is 0.600. The normalized spacial score (nSPS) is 18.0. The Morgan fingerprint density at radius 3 is 2.59 bits per heavy atom. The summed E-state index contributed by atoms with van der Waals surface area (Å²) in [6.45, 7) is 2.18. The first-order valence-corrected chi connectivity index (χ1v) is 11.5. The van der Waals surface area contributed by atoms with E-state index in [4.69, 9.17) is 0 Å². The van der Waals surface area contributed by atoms with Crippen LogP contribution in [0.5, 0.6) is 0 Å². The molecule has 148 valence electrons. The Morgan fingerprint density at radius 2 is 1.89 bits per heavy atom. The Bertz CT molecular complexity index is 813. The van der Waals surface area contributed by atoms with Gasteiger partial charge in [-0.2, -0.15) is 0 Å². The van der Waals surface area contributed by atoms with E-state index in [2.05, 4.69) is 5.32 Å². The van der Waals surface area contributed by atoms with E-state index < -0.39 is 9.84 Å². The van der Waals surface area contributed by atoms with Gasteiger partial charge >= 0.3 is 0 Å².